The van der Waals surface area contributed by atoms with Crippen molar-refractivity contribution < 1.29 is 19.7 Å². The number of aliphatic hydroxyl groups excluding tert-OH is 2. The third-order valence-electron chi connectivity index (χ3n) is 1.88. The summed E-state index contributed by atoms with van der Waals surface area (Å²) in [4.78, 5) is 11.1. The van der Waals surface area contributed by atoms with Crippen LogP contribution in [0.5, 0.6) is 5.75 Å². The minimum Gasteiger partial charge on any atom is -0.484 e. The van der Waals surface area contributed by atoms with Crippen LogP contribution in [0.15, 0.2) is 24.3 Å². The molecule has 5 nitrogen and oxygen atoms in total. The second kappa shape index (κ2) is 6.81. The van der Waals surface area contributed by atoms with E-state index in [0.29, 0.717) is 5.75 Å². The van der Waals surface area contributed by atoms with Crippen molar-refractivity contribution in [3.05, 3.63) is 29.8 Å². The van der Waals surface area contributed by atoms with E-state index in [2.05, 4.69) is 5.32 Å². The minimum atomic E-state index is -0.288. The highest BCUT2D eigenvalue weighted by atomic mass is 16.5. The third-order valence-corrected chi connectivity index (χ3v) is 1.88. The predicted molar refractivity (Wildman–Crippen MR) is 58.0 cm³/mol. The summed E-state index contributed by atoms with van der Waals surface area (Å²) in [5.74, 6) is 0.245. The van der Waals surface area contributed by atoms with Gasteiger partial charge in [-0.1, -0.05) is 12.1 Å². The Morgan fingerprint density at radius 1 is 1.38 bits per heavy atom. The van der Waals surface area contributed by atoms with Crippen LogP contribution in [0.25, 0.3) is 0 Å². The van der Waals surface area contributed by atoms with Gasteiger partial charge >= 0.3 is 0 Å². The Morgan fingerprint density at radius 2 is 2.19 bits per heavy atom. The summed E-state index contributed by atoms with van der Waals surface area (Å²) < 4.78 is 5.20. The van der Waals surface area contributed by atoms with E-state index in [-0.39, 0.29) is 32.3 Å². The molecule has 0 atom stereocenters. The van der Waals surface area contributed by atoms with Gasteiger partial charge in [0.1, 0.15) is 5.75 Å². The first-order chi connectivity index (χ1) is 7.76. The fraction of sp³-hybridized carbons (Fsp3) is 0.364. The highest BCUT2D eigenvalue weighted by Gasteiger charge is 2.02. The summed E-state index contributed by atoms with van der Waals surface area (Å²) in [6.45, 7) is -0.0343. The number of ether oxygens (including phenoxy) is 1. The Bertz CT molecular complexity index is 341. The van der Waals surface area contributed by atoms with Gasteiger partial charge in [-0.25, -0.2) is 0 Å². The largest absolute Gasteiger partial charge is 0.484 e. The molecule has 0 spiro atoms. The van der Waals surface area contributed by atoms with E-state index in [0.717, 1.165) is 5.56 Å². The molecule has 0 saturated carbocycles. The van der Waals surface area contributed by atoms with Gasteiger partial charge < -0.3 is 20.3 Å². The van der Waals surface area contributed by atoms with Crippen molar-refractivity contribution in [2.45, 2.75) is 6.61 Å². The van der Waals surface area contributed by atoms with E-state index in [4.69, 9.17) is 14.9 Å². The van der Waals surface area contributed by atoms with Gasteiger partial charge in [-0.3, -0.25) is 4.79 Å². The average molecular weight is 225 g/mol. The van der Waals surface area contributed by atoms with E-state index < -0.39 is 0 Å². The molecule has 0 radical (unpaired) electrons. The highest BCUT2D eigenvalue weighted by Crippen LogP contribution is 2.12. The third kappa shape index (κ3) is 4.29. The summed E-state index contributed by atoms with van der Waals surface area (Å²) >= 11 is 0. The van der Waals surface area contributed by atoms with Gasteiger partial charge in [-0.05, 0) is 17.7 Å². The maximum Gasteiger partial charge on any atom is 0.258 e. The standard InChI is InChI=1S/C11H15NO4/c13-5-4-12-11(15)8-16-10-3-1-2-9(6-10)7-14/h1-3,6,13-14H,4-5,7-8H2,(H,12,15). The first-order valence-corrected chi connectivity index (χ1v) is 4.96. The van der Waals surface area contributed by atoms with Crippen LogP contribution in [0.3, 0.4) is 0 Å². The second-order valence-electron chi connectivity index (χ2n) is 3.17. The minimum absolute atomic E-state index is 0.0616. The number of hydrogen-bond donors (Lipinski definition) is 3. The van der Waals surface area contributed by atoms with Crippen molar-refractivity contribution in [2.24, 2.45) is 0 Å². The van der Waals surface area contributed by atoms with Crippen molar-refractivity contribution in [1.29, 1.82) is 0 Å². The van der Waals surface area contributed by atoms with Crippen LogP contribution in [0.1, 0.15) is 5.56 Å². The van der Waals surface area contributed by atoms with Crippen LogP contribution in [-0.4, -0.2) is 35.9 Å². The van der Waals surface area contributed by atoms with E-state index in [1.54, 1.807) is 24.3 Å². The fourth-order valence-electron chi connectivity index (χ4n) is 1.13. The molecule has 0 heterocycles. The molecule has 5 heteroatoms. The summed E-state index contributed by atoms with van der Waals surface area (Å²) in [5.41, 5.74) is 0.730. The van der Waals surface area contributed by atoms with Crippen LogP contribution in [0.4, 0.5) is 0 Å². The smallest absolute Gasteiger partial charge is 0.258 e. The summed E-state index contributed by atoms with van der Waals surface area (Å²) in [6, 6.07) is 6.88. The molecule has 1 amide bonds. The lowest BCUT2D eigenvalue weighted by Gasteiger charge is -2.07. The Hall–Kier alpha value is -1.59. The Kier molecular flexibility index (Phi) is 5.31. The lowest BCUT2D eigenvalue weighted by atomic mass is 10.2. The number of nitrogens with one attached hydrogen (secondary N) is 1. The summed E-state index contributed by atoms with van der Waals surface area (Å²) in [5, 5.41) is 19.8. The van der Waals surface area contributed by atoms with Crippen molar-refractivity contribution >= 4 is 5.91 Å². The van der Waals surface area contributed by atoms with Gasteiger partial charge in [0, 0.05) is 6.54 Å². The SMILES string of the molecule is O=C(COc1cccc(CO)c1)NCCO. The molecule has 0 aliphatic heterocycles. The van der Waals surface area contributed by atoms with Crippen LogP contribution < -0.4 is 10.1 Å². The topological polar surface area (TPSA) is 78.8 Å². The number of carbonyl (C=O) groups is 1. The van der Waals surface area contributed by atoms with Crippen LogP contribution in [-0.2, 0) is 11.4 Å². The molecule has 1 rings (SSSR count). The molecule has 0 fully saturated rings. The maximum absolute atomic E-state index is 11.1. The van der Waals surface area contributed by atoms with E-state index >= 15 is 0 Å². The van der Waals surface area contributed by atoms with Gasteiger partial charge in [0.15, 0.2) is 6.61 Å². The Balaban J connectivity index is 2.38. The number of rotatable bonds is 6. The van der Waals surface area contributed by atoms with Crippen molar-refractivity contribution in [3.63, 3.8) is 0 Å². The molecule has 88 valence electrons. The summed E-state index contributed by atoms with van der Waals surface area (Å²) in [6.07, 6.45) is 0. The first kappa shape index (κ1) is 12.5. The summed E-state index contributed by atoms with van der Waals surface area (Å²) in [7, 11) is 0. The lowest BCUT2D eigenvalue weighted by Crippen LogP contribution is -2.31. The zero-order chi connectivity index (χ0) is 11.8. The molecule has 0 aromatic heterocycles. The molecule has 0 saturated heterocycles. The van der Waals surface area contributed by atoms with Gasteiger partial charge in [0.05, 0.1) is 13.2 Å². The molecule has 0 aliphatic rings. The predicted octanol–water partition coefficient (Wildman–Crippen LogP) is -0.334. The lowest BCUT2D eigenvalue weighted by molar-refractivity contribution is -0.123. The number of carbonyl (C=O) groups excluding carboxylic acids is 1. The van der Waals surface area contributed by atoms with Crippen LogP contribution in [0.2, 0.25) is 0 Å². The monoisotopic (exact) mass is 225 g/mol. The van der Waals surface area contributed by atoms with Crippen molar-refractivity contribution in [1.82, 2.24) is 5.32 Å². The first-order valence-electron chi connectivity index (χ1n) is 4.96. The van der Waals surface area contributed by atoms with E-state index in [9.17, 15) is 4.79 Å². The van der Waals surface area contributed by atoms with Gasteiger partial charge in [-0.15, -0.1) is 0 Å². The molecular formula is C11H15NO4. The number of hydrogen-bond acceptors (Lipinski definition) is 4. The molecule has 0 bridgehead atoms. The van der Waals surface area contributed by atoms with E-state index in [1.165, 1.54) is 0 Å². The van der Waals surface area contributed by atoms with Gasteiger partial charge in [-0.2, -0.15) is 0 Å². The number of aliphatic hydroxyl groups is 2. The highest BCUT2D eigenvalue weighted by molar-refractivity contribution is 5.77. The molecule has 1 aromatic carbocycles. The number of benzene rings is 1. The normalized spacial score (nSPS) is 9.88. The second-order valence-corrected chi connectivity index (χ2v) is 3.17. The quantitative estimate of drug-likeness (QED) is 0.619. The Labute approximate surface area is 93.7 Å². The van der Waals surface area contributed by atoms with Crippen LogP contribution >= 0.6 is 0 Å². The zero-order valence-corrected chi connectivity index (χ0v) is 8.85. The van der Waals surface area contributed by atoms with Gasteiger partial charge in [0.25, 0.3) is 5.91 Å². The van der Waals surface area contributed by atoms with Crippen LogP contribution in [0, 0.1) is 0 Å². The Morgan fingerprint density at radius 3 is 2.88 bits per heavy atom. The maximum atomic E-state index is 11.1. The zero-order valence-electron chi connectivity index (χ0n) is 8.85. The van der Waals surface area contributed by atoms with Gasteiger partial charge in [0.2, 0.25) is 0 Å². The van der Waals surface area contributed by atoms with Crippen molar-refractivity contribution in [2.75, 3.05) is 19.8 Å². The average Bonchev–Trinajstić information content (AvgIpc) is 2.34. The molecular weight excluding hydrogens is 210 g/mol. The molecule has 16 heavy (non-hydrogen) atoms. The number of amides is 1. The fourth-order valence-corrected chi connectivity index (χ4v) is 1.13. The molecule has 3 N–H and O–H groups in total. The van der Waals surface area contributed by atoms with E-state index in [1.807, 2.05) is 0 Å². The molecule has 1 aromatic rings. The van der Waals surface area contributed by atoms with Crippen molar-refractivity contribution in [3.8, 4) is 5.75 Å². The molecule has 0 unspecified atom stereocenters. The molecule has 0 aliphatic carbocycles.